The third-order valence-corrected chi connectivity index (χ3v) is 4.73. The molecule has 1 aromatic heterocycles. The van der Waals surface area contributed by atoms with Crippen molar-refractivity contribution >= 4 is 22.4 Å². The molecule has 1 saturated heterocycles. The summed E-state index contributed by atoms with van der Waals surface area (Å²) in [5.41, 5.74) is 1.91. The van der Waals surface area contributed by atoms with Crippen molar-refractivity contribution in [3.63, 3.8) is 0 Å². The zero-order valence-corrected chi connectivity index (χ0v) is 14.1. The van der Waals surface area contributed by atoms with Crippen LogP contribution in [0, 0.1) is 0 Å². The fourth-order valence-electron chi connectivity index (χ4n) is 2.79. The normalized spacial score (nSPS) is 14.8. The predicted octanol–water partition coefficient (Wildman–Crippen LogP) is 2.93. The molecule has 1 aliphatic rings. The number of carbonyl (C=O) groups is 1. The van der Waals surface area contributed by atoms with Crippen molar-refractivity contribution in [2.24, 2.45) is 0 Å². The quantitative estimate of drug-likeness (QED) is 0.884. The van der Waals surface area contributed by atoms with Gasteiger partial charge >= 0.3 is 0 Å². The number of hydrogen-bond donors (Lipinski definition) is 1. The van der Waals surface area contributed by atoms with Crippen LogP contribution in [0.25, 0.3) is 0 Å². The van der Waals surface area contributed by atoms with Crippen LogP contribution in [0.1, 0.15) is 24.1 Å². The molecule has 0 bridgehead atoms. The highest BCUT2D eigenvalue weighted by Gasteiger charge is 2.14. The zero-order valence-electron chi connectivity index (χ0n) is 13.2. The van der Waals surface area contributed by atoms with Gasteiger partial charge in [-0.2, -0.15) is 0 Å². The summed E-state index contributed by atoms with van der Waals surface area (Å²) < 4.78 is 5.28. The van der Waals surface area contributed by atoms with Crippen LogP contribution >= 0.6 is 11.3 Å². The summed E-state index contributed by atoms with van der Waals surface area (Å²) in [6.45, 7) is 3.17. The van der Waals surface area contributed by atoms with E-state index < -0.39 is 0 Å². The lowest BCUT2D eigenvalue weighted by molar-refractivity contribution is -0.115. The molecule has 1 fully saturated rings. The van der Waals surface area contributed by atoms with Gasteiger partial charge in [0.1, 0.15) is 5.75 Å². The maximum atomic E-state index is 12.2. The van der Waals surface area contributed by atoms with Crippen LogP contribution in [0.5, 0.6) is 5.75 Å². The molecule has 0 radical (unpaired) electrons. The summed E-state index contributed by atoms with van der Waals surface area (Å²) in [5, 5.41) is 5.57. The molecular formula is C17H21N3O2S. The monoisotopic (exact) mass is 331 g/mol. The first-order valence-corrected chi connectivity index (χ1v) is 8.71. The Balaban J connectivity index is 1.56. The van der Waals surface area contributed by atoms with Gasteiger partial charge in [0, 0.05) is 17.5 Å². The molecule has 2 aromatic rings. The van der Waals surface area contributed by atoms with E-state index in [1.54, 1.807) is 7.11 Å². The van der Waals surface area contributed by atoms with E-state index >= 15 is 0 Å². The van der Waals surface area contributed by atoms with Gasteiger partial charge in [0.15, 0.2) is 5.13 Å². The summed E-state index contributed by atoms with van der Waals surface area (Å²) in [4.78, 5) is 19.1. The first-order chi connectivity index (χ1) is 11.2. The molecule has 0 unspecified atom stereocenters. The highest BCUT2D eigenvalue weighted by Crippen LogP contribution is 2.21. The number of nitrogens with one attached hydrogen (secondary N) is 1. The number of rotatable bonds is 6. The molecule has 2 heterocycles. The SMILES string of the molecule is COc1ccccc1CC(=O)Nc1nc(CN2CCCC2)cs1. The highest BCUT2D eigenvalue weighted by atomic mass is 32.1. The van der Waals surface area contributed by atoms with Gasteiger partial charge in [0.2, 0.25) is 5.91 Å². The Morgan fingerprint density at radius 1 is 1.35 bits per heavy atom. The topological polar surface area (TPSA) is 54.5 Å². The molecule has 0 saturated carbocycles. The molecule has 122 valence electrons. The molecule has 6 heteroatoms. The van der Waals surface area contributed by atoms with Gasteiger partial charge in [0.25, 0.3) is 0 Å². The lowest BCUT2D eigenvalue weighted by atomic mass is 10.1. The van der Waals surface area contributed by atoms with E-state index in [0.717, 1.165) is 36.6 Å². The summed E-state index contributed by atoms with van der Waals surface area (Å²) in [6.07, 6.45) is 2.82. The maximum Gasteiger partial charge on any atom is 0.230 e. The van der Waals surface area contributed by atoms with Crippen LogP contribution < -0.4 is 10.1 Å². The molecular weight excluding hydrogens is 310 g/mol. The van der Waals surface area contributed by atoms with Crippen molar-refractivity contribution < 1.29 is 9.53 Å². The second-order valence-corrected chi connectivity index (χ2v) is 6.52. The molecule has 5 nitrogen and oxygen atoms in total. The van der Waals surface area contributed by atoms with Crippen molar-refractivity contribution in [3.8, 4) is 5.75 Å². The van der Waals surface area contributed by atoms with Crippen LogP contribution in [0.2, 0.25) is 0 Å². The van der Waals surface area contributed by atoms with Crippen molar-refractivity contribution in [1.82, 2.24) is 9.88 Å². The molecule has 1 aliphatic heterocycles. The van der Waals surface area contributed by atoms with Gasteiger partial charge in [-0.25, -0.2) is 4.98 Å². The number of carbonyl (C=O) groups excluding carboxylic acids is 1. The zero-order chi connectivity index (χ0) is 16.1. The van der Waals surface area contributed by atoms with Crippen molar-refractivity contribution in [2.75, 3.05) is 25.5 Å². The number of nitrogens with zero attached hydrogens (tertiary/aromatic N) is 2. The van der Waals surface area contributed by atoms with Crippen LogP contribution in [-0.4, -0.2) is 36.0 Å². The average Bonchev–Trinajstić information content (AvgIpc) is 3.20. The fraction of sp³-hybridized carbons (Fsp3) is 0.412. The second-order valence-electron chi connectivity index (χ2n) is 5.66. The number of ether oxygens (including phenoxy) is 1. The smallest absolute Gasteiger partial charge is 0.230 e. The minimum absolute atomic E-state index is 0.0726. The van der Waals surface area contributed by atoms with E-state index in [0.29, 0.717) is 5.13 Å². The van der Waals surface area contributed by atoms with Gasteiger partial charge in [-0.3, -0.25) is 9.69 Å². The minimum Gasteiger partial charge on any atom is -0.496 e. The maximum absolute atomic E-state index is 12.2. The summed E-state index contributed by atoms with van der Waals surface area (Å²) in [6, 6.07) is 7.56. The lowest BCUT2D eigenvalue weighted by Gasteiger charge is -2.11. The number of methoxy groups -OCH3 is 1. The van der Waals surface area contributed by atoms with Gasteiger partial charge in [-0.1, -0.05) is 18.2 Å². The van der Waals surface area contributed by atoms with E-state index in [-0.39, 0.29) is 12.3 Å². The van der Waals surface area contributed by atoms with Crippen molar-refractivity contribution in [1.29, 1.82) is 0 Å². The molecule has 1 aromatic carbocycles. The molecule has 3 rings (SSSR count). The van der Waals surface area contributed by atoms with Gasteiger partial charge < -0.3 is 10.1 Å². The average molecular weight is 331 g/mol. The summed E-state index contributed by atoms with van der Waals surface area (Å²) >= 11 is 1.48. The lowest BCUT2D eigenvalue weighted by Crippen LogP contribution is -2.19. The van der Waals surface area contributed by atoms with E-state index in [4.69, 9.17) is 4.74 Å². The number of aromatic nitrogens is 1. The van der Waals surface area contributed by atoms with Crippen molar-refractivity contribution in [2.45, 2.75) is 25.8 Å². The second kappa shape index (κ2) is 7.57. The van der Waals surface area contributed by atoms with E-state index in [2.05, 4.69) is 15.2 Å². The predicted molar refractivity (Wildman–Crippen MR) is 92.0 cm³/mol. The number of amides is 1. The Kier molecular flexibility index (Phi) is 5.25. The van der Waals surface area contributed by atoms with E-state index in [9.17, 15) is 4.79 Å². The summed E-state index contributed by atoms with van der Waals surface area (Å²) in [7, 11) is 1.61. The van der Waals surface area contributed by atoms with Crippen LogP contribution in [-0.2, 0) is 17.8 Å². The third kappa shape index (κ3) is 4.30. The Hall–Kier alpha value is -1.92. The standard InChI is InChI=1S/C17H21N3O2S/c1-22-15-7-3-2-6-13(15)10-16(21)19-17-18-14(12-23-17)11-20-8-4-5-9-20/h2-3,6-7,12H,4-5,8-11H2,1H3,(H,18,19,21). The molecule has 1 N–H and O–H groups in total. The largest absolute Gasteiger partial charge is 0.496 e. The number of likely N-dealkylation sites (tertiary alicyclic amines) is 1. The minimum atomic E-state index is -0.0726. The Bertz CT molecular complexity index is 665. The van der Waals surface area contributed by atoms with E-state index in [1.807, 2.05) is 29.6 Å². The van der Waals surface area contributed by atoms with Gasteiger partial charge in [-0.05, 0) is 32.0 Å². The van der Waals surface area contributed by atoms with Crippen LogP contribution in [0.4, 0.5) is 5.13 Å². The number of para-hydroxylation sites is 1. The van der Waals surface area contributed by atoms with Crippen molar-refractivity contribution in [3.05, 3.63) is 40.9 Å². The van der Waals surface area contributed by atoms with Crippen LogP contribution in [0.15, 0.2) is 29.6 Å². The first kappa shape index (κ1) is 16.0. The fourth-order valence-corrected chi connectivity index (χ4v) is 3.51. The molecule has 1 amide bonds. The van der Waals surface area contributed by atoms with E-state index in [1.165, 1.54) is 24.2 Å². The number of anilines is 1. The Morgan fingerprint density at radius 2 is 2.13 bits per heavy atom. The Labute approximate surface area is 140 Å². The van der Waals surface area contributed by atoms with Gasteiger partial charge in [-0.15, -0.1) is 11.3 Å². The number of benzene rings is 1. The third-order valence-electron chi connectivity index (χ3n) is 3.93. The van der Waals surface area contributed by atoms with Gasteiger partial charge in [0.05, 0.1) is 19.2 Å². The first-order valence-electron chi connectivity index (χ1n) is 7.83. The molecule has 0 spiro atoms. The Morgan fingerprint density at radius 3 is 2.91 bits per heavy atom. The highest BCUT2D eigenvalue weighted by molar-refractivity contribution is 7.13. The molecule has 23 heavy (non-hydrogen) atoms. The van der Waals surface area contributed by atoms with Crippen LogP contribution in [0.3, 0.4) is 0 Å². The number of thiazole rings is 1. The number of hydrogen-bond acceptors (Lipinski definition) is 5. The molecule has 0 aliphatic carbocycles. The molecule has 0 atom stereocenters. The summed E-state index contributed by atoms with van der Waals surface area (Å²) in [5.74, 6) is 0.660.